The summed E-state index contributed by atoms with van der Waals surface area (Å²) in [4.78, 5) is 12.5. The summed E-state index contributed by atoms with van der Waals surface area (Å²) in [6, 6.07) is 10.3. The maximum absolute atomic E-state index is 12.5. The van der Waals surface area contributed by atoms with E-state index in [1.807, 2.05) is 32.0 Å². The summed E-state index contributed by atoms with van der Waals surface area (Å²) in [5, 5.41) is 10.1. The van der Waals surface area contributed by atoms with Crippen LogP contribution in [0.5, 0.6) is 0 Å². The number of benzene rings is 1. The summed E-state index contributed by atoms with van der Waals surface area (Å²) in [6.45, 7) is 9.65. The Hall–Kier alpha value is -1.39. The van der Waals surface area contributed by atoms with Crippen LogP contribution in [-0.2, 0) is 9.53 Å². The lowest BCUT2D eigenvalue weighted by atomic mass is 9.79. The Morgan fingerprint density at radius 3 is 2.32 bits per heavy atom. The van der Waals surface area contributed by atoms with Crippen molar-refractivity contribution < 1.29 is 19.1 Å². The lowest BCUT2D eigenvalue weighted by Gasteiger charge is -2.31. The second-order valence-electron chi connectivity index (χ2n) is 8.29. The molecule has 2 atom stereocenters. The lowest BCUT2D eigenvalue weighted by molar-refractivity contribution is -0.891. The smallest absolute Gasteiger partial charge is 0.311 e. The van der Waals surface area contributed by atoms with Crippen LogP contribution in [-0.4, -0.2) is 55.5 Å². The number of nitrogens with zero attached hydrogens (tertiary/aromatic N) is 1. The molecule has 0 heterocycles. The Morgan fingerprint density at radius 1 is 1.20 bits per heavy atom. The number of hydrogen-bond acceptors (Lipinski definition) is 3. The van der Waals surface area contributed by atoms with Crippen molar-refractivity contribution in [3.63, 3.8) is 0 Å². The monoisotopic (exact) mass is 350 g/mol. The highest BCUT2D eigenvalue weighted by Crippen LogP contribution is 2.34. The second-order valence-corrected chi connectivity index (χ2v) is 8.29. The van der Waals surface area contributed by atoms with E-state index in [1.165, 1.54) is 5.56 Å². The SMILES string of the molecule is CCC(CC(C)(C)C(=O)OCC(O)C[N+](C)(C)CC)c1ccccc1. The maximum Gasteiger partial charge on any atom is 0.311 e. The second kappa shape index (κ2) is 9.35. The van der Waals surface area contributed by atoms with Crippen molar-refractivity contribution in [2.24, 2.45) is 5.41 Å². The van der Waals surface area contributed by atoms with E-state index in [1.54, 1.807) is 0 Å². The summed E-state index contributed by atoms with van der Waals surface area (Å²) in [7, 11) is 4.11. The molecule has 25 heavy (non-hydrogen) atoms. The number of quaternary nitrogens is 1. The van der Waals surface area contributed by atoms with Crippen molar-refractivity contribution in [1.82, 2.24) is 0 Å². The molecule has 0 aliphatic carbocycles. The number of ether oxygens (including phenoxy) is 1. The Labute approximate surface area is 153 Å². The Kier molecular flexibility index (Phi) is 8.10. The first-order chi connectivity index (χ1) is 11.6. The number of aliphatic hydroxyl groups is 1. The van der Waals surface area contributed by atoms with E-state index in [4.69, 9.17) is 4.74 Å². The van der Waals surface area contributed by atoms with Gasteiger partial charge in [-0.25, -0.2) is 0 Å². The molecule has 0 radical (unpaired) electrons. The van der Waals surface area contributed by atoms with E-state index in [0.717, 1.165) is 19.4 Å². The summed E-state index contributed by atoms with van der Waals surface area (Å²) in [5.41, 5.74) is 0.679. The van der Waals surface area contributed by atoms with Gasteiger partial charge >= 0.3 is 5.97 Å². The standard InChI is InChI=1S/C21H36NO3/c1-7-17(18-12-10-9-11-13-18)14-21(3,4)20(24)25-16-19(23)15-22(5,6)8-2/h9-13,17,19,23H,7-8,14-16H2,1-6H3/q+1. The van der Waals surface area contributed by atoms with E-state index in [0.29, 0.717) is 16.9 Å². The third-order valence-corrected chi connectivity index (χ3v) is 5.04. The average Bonchev–Trinajstić information content (AvgIpc) is 2.57. The van der Waals surface area contributed by atoms with E-state index in [2.05, 4.69) is 40.1 Å². The predicted octanol–water partition coefficient (Wildman–Crippen LogP) is 3.60. The van der Waals surface area contributed by atoms with Crippen LogP contribution in [0.4, 0.5) is 0 Å². The van der Waals surface area contributed by atoms with Crippen molar-refractivity contribution in [2.75, 3.05) is 33.8 Å². The van der Waals surface area contributed by atoms with E-state index >= 15 is 0 Å². The minimum absolute atomic E-state index is 0.0616. The first-order valence-electron chi connectivity index (χ1n) is 9.33. The van der Waals surface area contributed by atoms with Crippen LogP contribution in [0.15, 0.2) is 30.3 Å². The van der Waals surface area contributed by atoms with E-state index < -0.39 is 11.5 Å². The third kappa shape index (κ3) is 7.17. The molecule has 0 amide bonds. The highest BCUT2D eigenvalue weighted by molar-refractivity contribution is 5.76. The molecule has 0 spiro atoms. The average molecular weight is 351 g/mol. The minimum Gasteiger partial charge on any atom is -0.462 e. The lowest BCUT2D eigenvalue weighted by Crippen LogP contribution is -2.46. The molecule has 0 aliphatic rings. The van der Waals surface area contributed by atoms with Gasteiger partial charge in [-0.2, -0.15) is 0 Å². The largest absolute Gasteiger partial charge is 0.462 e. The zero-order valence-corrected chi connectivity index (χ0v) is 16.8. The van der Waals surface area contributed by atoms with Gasteiger partial charge in [0.1, 0.15) is 19.3 Å². The van der Waals surface area contributed by atoms with Crippen molar-refractivity contribution in [3.8, 4) is 0 Å². The molecule has 0 aliphatic heterocycles. The fraction of sp³-hybridized carbons (Fsp3) is 0.667. The fourth-order valence-corrected chi connectivity index (χ4v) is 3.04. The predicted molar refractivity (Wildman–Crippen MR) is 102 cm³/mol. The van der Waals surface area contributed by atoms with Gasteiger partial charge in [0.05, 0.1) is 26.1 Å². The molecule has 0 fully saturated rings. The van der Waals surface area contributed by atoms with Gasteiger partial charge in [-0.05, 0) is 45.1 Å². The zero-order valence-electron chi connectivity index (χ0n) is 16.8. The topological polar surface area (TPSA) is 46.5 Å². The van der Waals surface area contributed by atoms with Crippen molar-refractivity contribution in [1.29, 1.82) is 0 Å². The van der Waals surface area contributed by atoms with Crippen molar-refractivity contribution in [3.05, 3.63) is 35.9 Å². The van der Waals surface area contributed by atoms with Crippen LogP contribution in [0.25, 0.3) is 0 Å². The summed E-state index contributed by atoms with van der Waals surface area (Å²) < 4.78 is 6.14. The third-order valence-electron chi connectivity index (χ3n) is 5.04. The Morgan fingerprint density at radius 2 is 1.80 bits per heavy atom. The van der Waals surface area contributed by atoms with Gasteiger partial charge in [-0.1, -0.05) is 37.3 Å². The number of aliphatic hydroxyl groups excluding tert-OH is 1. The molecule has 1 aromatic carbocycles. The molecule has 0 saturated heterocycles. The zero-order chi connectivity index (χ0) is 19.1. The van der Waals surface area contributed by atoms with Gasteiger partial charge in [0.25, 0.3) is 0 Å². The van der Waals surface area contributed by atoms with Gasteiger partial charge in [0.15, 0.2) is 0 Å². The van der Waals surface area contributed by atoms with Crippen LogP contribution in [0, 0.1) is 5.41 Å². The number of carbonyl (C=O) groups excluding carboxylic acids is 1. The van der Waals surface area contributed by atoms with Gasteiger partial charge < -0.3 is 14.3 Å². The first-order valence-corrected chi connectivity index (χ1v) is 9.33. The summed E-state index contributed by atoms with van der Waals surface area (Å²) >= 11 is 0. The van der Waals surface area contributed by atoms with Crippen LogP contribution in [0.2, 0.25) is 0 Å². The fourth-order valence-electron chi connectivity index (χ4n) is 3.04. The number of carbonyl (C=O) groups is 1. The molecule has 1 N–H and O–H groups in total. The minimum atomic E-state index is -0.634. The molecule has 1 aromatic rings. The van der Waals surface area contributed by atoms with Crippen LogP contribution in [0.3, 0.4) is 0 Å². The van der Waals surface area contributed by atoms with Gasteiger partial charge in [0, 0.05) is 0 Å². The van der Waals surface area contributed by atoms with Gasteiger partial charge in [-0.15, -0.1) is 0 Å². The van der Waals surface area contributed by atoms with Gasteiger partial charge in [-0.3, -0.25) is 4.79 Å². The van der Waals surface area contributed by atoms with Crippen LogP contribution >= 0.6 is 0 Å². The number of hydrogen-bond donors (Lipinski definition) is 1. The molecular weight excluding hydrogens is 314 g/mol. The molecule has 0 bridgehead atoms. The number of rotatable bonds is 10. The summed E-state index contributed by atoms with van der Waals surface area (Å²) in [6.07, 6.45) is 1.08. The summed E-state index contributed by atoms with van der Waals surface area (Å²) in [5.74, 6) is 0.0899. The van der Waals surface area contributed by atoms with Crippen LogP contribution in [0.1, 0.15) is 52.0 Å². The normalized spacial score (nSPS) is 14.8. The maximum atomic E-state index is 12.5. The number of likely N-dealkylation sites (N-methyl/N-ethyl adjacent to an activating group) is 1. The first kappa shape index (κ1) is 21.7. The molecule has 4 nitrogen and oxygen atoms in total. The van der Waals surface area contributed by atoms with Gasteiger partial charge in [0.2, 0.25) is 0 Å². The van der Waals surface area contributed by atoms with E-state index in [-0.39, 0.29) is 12.6 Å². The van der Waals surface area contributed by atoms with Crippen LogP contribution < -0.4 is 0 Å². The Bertz CT molecular complexity index is 525. The molecule has 2 unspecified atom stereocenters. The quantitative estimate of drug-likeness (QED) is 0.518. The Balaban J connectivity index is 2.60. The molecule has 0 aromatic heterocycles. The number of esters is 1. The highest BCUT2D eigenvalue weighted by Gasteiger charge is 2.33. The molecule has 0 saturated carbocycles. The molecular formula is C21H36NO3+. The highest BCUT2D eigenvalue weighted by atomic mass is 16.5. The van der Waals surface area contributed by atoms with E-state index in [9.17, 15) is 9.90 Å². The molecule has 4 heteroatoms. The van der Waals surface area contributed by atoms with Crippen molar-refractivity contribution >= 4 is 5.97 Å². The van der Waals surface area contributed by atoms with Crippen molar-refractivity contribution in [2.45, 2.75) is 52.6 Å². The molecule has 142 valence electrons. The molecule has 1 rings (SSSR count).